The minimum Gasteiger partial charge on any atom is -0.376 e. The van der Waals surface area contributed by atoms with Crippen LogP contribution in [0.2, 0.25) is 0 Å². The van der Waals surface area contributed by atoms with Gasteiger partial charge in [-0.05, 0) is 12.8 Å². The summed E-state index contributed by atoms with van der Waals surface area (Å²) >= 11 is 0. The molecule has 2 fully saturated rings. The molecule has 0 aromatic rings. The Labute approximate surface area is 113 Å². The zero-order valence-corrected chi connectivity index (χ0v) is 11.6. The first kappa shape index (κ1) is 14.3. The van der Waals surface area contributed by atoms with Gasteiger partial charge in [0.25, 0.3) is 0 Å². The maximum atomic E-state index is 12.4. The van der Waals surface area contributed by atoms with Crippen LogP contribution in [0.15, 0.2) is 0 Å². The van der Waals surface area contributed by atoms with E-state index in [-0.39, 0.29) is 24.0 Å². The molecule has 0 aliphatic carbocycles. The summed E-state index contributed by atoms with van der Waals surface area (Å²) in [5.41, 5.74) is 0. The Hall–Kier alpha value is -1.14. The van der Waals surface area contributed by atoms with Gasteiger partial charge < -0.3 is 19.7 Å². The standard InChI is InChI=1S/C13H22N2O4/c1-3-10-13(17)15(11(4-2)12(16)14-10)7-9-8-18-5-6-19-9/h9-11H,3-8H2,1-2H3,(H,14,16). The minimum atomic E-state index is -0.403. The fourth-order valence-corrected chi connectivity index (χ4v) is 2.59. The number of carbonyl (C=O) groups excluding carboxylic acids is 2. The zero-order chi connectivity index (χ0) is 13.8. The number of ether oxygens (including phenoxy) is 2. The molecule has 108 valence electrons. The summed E-state index contributed by atoms with van der Waals surface area (Å²) in [4.78, 5) is 26.0. The number of carbonyl (C=O) groups is 2. The van der Waals surface area contributed by atoms with Crippen molar-refractivity contribution in [3.05, 3.63) is 0 Å². The third-order valence-electron chi connectivity index (χ3n) is 3.66. The average molecular weight is 270 g/mol. The maximum Gasteiger partial charge on any atom is 0.245 e. The first-order valence-corrected chi connectivity index (χ1v) is 6.97. The lowest BCUT2D eigenvalue weighted by molar-refractivity contribution is -0.155. The van der Waals surface area contributed by atoms with Gasteiger partial charge in [0.2, 0.25) is 11.8 Å². The maximum absolute atomic E-state index is 12.4. The van der Waals surface area contributed by atoms with Crippen molar-refractivity contribution in [3.63, 3.8) is 0 Å². The van der Waals surface area contributed by atoms with E-state index in [1.165, 1.54) is 0 Å². The smallest absolute Gasteiger partial charge is 0.245 e. The molecule has 0 saturated carbocycles. The van der Waals surface area contributed by atoms with E-state index < -0.39 is 6.04 Å². The average Bonchev–Trinajstić information content (AvgIpc) is 2.44. The SMILES string of the molecule is CCC1NC(=O)C(CC)N(CC2COCCO2)C1=O. The van der Waals surface area contributed by atoms with Crippen molar-refractivity contribution in [1.82, 2.24) is 10.2 Å². The molecule has 2 heterocycles. The van der Waals surface area contributed by atoms with Gasteiger partial charge in [0.1, 0.15) is 12.1 Å². The lowest BCUT2D eigenvalue weighted by atomic mass is 10.0. The summed E-state index contributed by atoms with van der Waals surface area (Å²) in [7, 11) is 0. The fraction of sp³-hybridized carbons (Fsp3) is 0.846. The van der Waals surface area contributed by atoms with Gasteiger partial charge >= 0.3 is 0 Å². The molecule has 3 atom stereocenters. The van der Waals surface area contributed by atoms with Gasteiger partial charge in [-0.2, -0.15) is 0 Å². The van der Waals surface area contributed by atoms with E-state index >= 15 is 0 Å². The number of rotatable bonds is 4. The molecule has 2 rings (SSSR count). The van der Waals surface area contributed by atoms with E-state index in [4.69, 9.17) is 9.47 Å². The summed E-state index contributed by atoms with van der Waals surface area (Å²) in [5.74, 6) is -0.0752. The van der Waals surface area contributed by atoms with Gasteiger partial charge in [0.05, 0.1) is 32.5 Å². The van der Waals surface area contributed by atoms with E-state index in [9.17, 15) is 9.59 Å². The van der Waals surface area contributed by atoms with Crippen LogP contribution in [0, 0.1) is 0 Å². The highest BCUT2D eigenvalue weighted by Crippen LogP contribution is 2.17. The van der Waals surface area contributed by atoms with Gasteiger partial charge in [0, 0.05) is 0 Å². The molecule has 3 unspecified atom stereocenters. The molecule has 2 aliphatic rings. The first-order valence-electron chi connectivity index (χ1n) is 6.97. The van der Waals surface area contributed by atoms with Crippen LogP contribution in [0.1, 0.15) is 26.7 Å². The number of hydrogen-bond acceptors (Lipinski definition) is 4. The zero-order valence-electron chi connectivity index (χ0n) is 11.6. The van der Waals surface area contributed by atoms with Gasteiger partial charge in [-0.3, -0.25) is 9.59 Å². The second-order valence-corrected chi connectivity index (χ2v) is 4.95. The van der Waals surface area contributed by atoms with Crippen LogP contribution < -0.4 is 5.32 Å². The molecule has 2 saturated heterocycles. The van der Waals surface area contributed by atoms with E-state index in [1.807, 2.05) is 13.8 Å². The highest BCUT2D eigenvalue weighted by Gasteiger charge is 2.39. The lowest BCUT2D eigenvalue weighted by Gasteiger charge is -2.40. The van der Waals surface area contributed by atoms with Crippen molar-refractivity contribution in [1.29, 1.82) is 0 Å². The van der Waals surface area contributed by atoms with Crippen molar-refractivity contribution in [2.45, 2.75) is 44.9 Å². The summed E-state index contributed by atoms with van der Waals surface area (Å²) in [5, 5.41) is 2.78. The monoisotopic (exact) mass is 270 g/mol. The van der Waals surface area contributed by atoms with E-state index in [0.717, 1.165) is 0 Å². The van der Waals surface area contributed by atoms with Gasteiger partial charge in [-0.1, -0.05) is 13.8 Å². The normalized spacial score (nSPS) is 32.3. The molecular weight excluding hydrogens is 248 g/mol. The van der Waals surface area contributed by atoms with Crippen molar-refractivity contribution in [2.75, 3.05) is 26.4 Å². The number of nitrogens with one attached hydrogen (secondary N) is 1. The molecule has 0 aromatic heterocycles. The van der Waals surface area contributed by atoms with Crippen LogP contribution in [0.5, 0.6) is 0 Å². The Kier molecular flexibility index (Phi) is 4.76. The highest BCUT2D eigenvalue weighted by molar-refractivity contribution is 5.96. The van der Waals surface area contributed by atoms with Crippen molar-refractivity contribution >= 4 is 11.8 Å². The second kappa shape index (κ2) is 6.34. The Morgan fingerprint density at radius 2 is 2.05 bits per heavy atom. The van der Waals surface area contributed by atoms with E-state index in [1.54, 1.807) is 4.90 Å². The minimum absolute atomic E-state index is 0.0110. The number of amides is 2. The van der Waals surface area contributed by atoms with Crippen molar-refractivity contribution < 1.29 is 19.1 Å². The Morgan fingerprint density at radius 1 is 1.26 bits per heavy atom. The molecule has 0 spiro atoms. The van der Waals surface area contributed by atoms with Gasteiger partial charge in [0.15, 0.2) is 0 Å². The lowest BCUT2D eigenvalue weighted by Crippen LogP contribution is -2.64. The highest BCUT2D eigenvalue weighted by atomic mass is 16.6. The Balaban J connectivity index is 2.07. The van der Waals surface area contributed by atoms with Crippen LogP contribution in [0.3, 0.4) is 0 Å². The topological polar surface area (TPSA) is 67.9 Å². The Morgan fingerprint density at radius 3 is 2.63 bits per heavy atom. The number of nitrogens with zero attached hydrogens (tertiary/aromatic N) is 1. The quantitative estimate of drug-likeness (QED) is 0.775. The molecule has 6 nitrogen and oxygen atoms in total. The third-order valence-corrected chi connectivity index (χ3v) is 3.66. The van der Waals surface area contributed by atoms with Crippen molar-refractivity contribution in [2.24, 2.45) is 0 Å². The summed E-state index contributed by atoms with van der Waals surface area (Å²) in [6, 6.07) is -0.791. The molecule has 6 heteroatoms. The van der Waals surface area contributed by atoms with Crippen LogP contribution in [0.4, 0.5) is 0 Å². The molecule has 2 amide bonds. The predicted molar refractivity (Wildman–Crippen MR) is 68.6 cm³/mol. The van der Waals surface area contributed by atoms with E-state index in [2.05, 4.69) is 5.32 Å². The molecule has 2 aliphatic heterocycles. The molecule has 0 radical (unpaired) electrons. The predicted octanol–water partition coefficient (Wildman–Crippen LogP) is -0.0826. The van der Waals surface area contributed by atoms with Crippen LogP contribution in [0.25, 0.3) is 0 Å². The number of piperazine rings is 1. The number of hydrogen-bond donors (Lipinski definition) is 1. The largest absolute Gasteiger partial charge is 0.376 e. The second-order valence-electron chi connectivity index (χ2n) is 4.95. The Bertz CT molecular complexity index is 342. The van der Waals surface area contributed by atoms with Crippen LogP contribution >= 0.6 is 0 Å². The fourth-order valence-electron chi connectivity index (χ4n) is 2.59. The van der Waals surface area contributed by atoms with Crippen LogP contribution in [-0.4, -0.2) is 61.3 Å². The van der Waals surface area contributed by atoms with E-state index in [0.29, 0.717) is 39.2 Å². The molecular formula is C13H22N2O4. The first-order chi connectivity index (χ1) is 9.17. The summed E-state index contributed by atoms with van der Waals surface area (Å²) < 4.78 is 10.9. The van der Waals surface area contributed by atoms with Crippen LogP contribution in [-0.2, 0) is 19.1 Å². The summed E-state index contributed by atoms with van der Waals surface area (Å²) in [6.45, 7) is 5.87. The molecule has 1 N–H and O–H groups in total. The summed E-state index contributed by atoms with van der Waals surface area (Å²) in [6.07, 6.45) is 1.09. The van der Waals surface area contributed by atoms with Crippen molar-refractivity contribution in [3.8, 4) is 0 Å². The molecule has 0 bridgehead atoms. The van der Waals surface area contributed by atoms with Gasteiger partial charge in [-0.25, -0.2) is 0 Å². The molecule has 19 heavy (non-hydrogen) atoms. The molecule has 0 aromatic carbocycles. The third kappa shape index (κ3) is 3.06. The van der Waals surface area contributed by atoms with Gasteiger partial charge in [-0.15, -0.1) is 0 Å².